The van der Waals surface area contributed by atoms with E-state index in [-0.39, 0.29) is 5.91 Å². The normalized spacial score (nSPS) is 14.8. The van der Waals surface area contributed by atoms with Crippen molar-refractivity contribution in [3.05, 3.63) is 29.8 Å². The fourth-order valence-corrected chi connectivity index (χ4v) is 2.04. The van der Waals surface area contributed by atoms with E-state index in [1.165, 1.54) is 19.3 Å². The third kappa shape index (κ3) is 3.96. The van der Waals surface area contributed by atoms with E-state index in [9.17, 15) is 4.79 Å². The van der Waals surface area contributed by atoms with E-state index in [1.807, 2.05) is 18.2 Å². The van der Waals surface area contributed by atoms with Crippen LogP contribution < -0.4 is 10.1 Å². The summed E-state index contributed by atoms with van der Waals surface area (Å²) in [5.74, 6) is 1.22. The SMILES string of the molecule is COCCOc1ccccc1C(=O)NCC1CCC1. The molecule has 104 valence electrons. The minimum atomic E-state index is -0.0556. The number of ether oxygens (including phenoxy) is 2. The fourth-order valence-electron chi connectivity index (χ4n) is 2.04. The number of methoxy groups -OCH3 is 1. The van der Waals surface area contributed by atoms with Gasteiger partial charge in [0.1, 0.15) is 12.4 Å². The first kappa shape index (κ1) is 13.9. The number of carbonyl (C=O) groups excluding carboxylic acids is 1. The second-order valence-corrected chi connectivity index (χ2v) is 4.84. The standard InChI is InChI=1S/C15H21NO3/c1-18-9-10-19-14-8-3-2-7-13(14)15(17)16-11-12-5-4-6-12/h2-3,7-8,12H,4-6,9-11H2,1H3,(H,16,17). The average molecular weight is 263 g/mol. The van der Waals surface area contributed by atoms with Gasteiger partial charge in [-0.25, -0.2) is 0 Å². The van der Waals surface area contributed by atoms with Crippen LogP contribution in [0.4, 0.5) is 0 Å². The monoisotopic (exact) mass is 263 g/mol. The number of nitrogens with one attached hydrogen (secondary N) is 1. The van der Waals surface area contributed by atoms with Crippen molar-refractivity contribution in [3.8, 4) is 5.75 Å². The van der Waals surface area contributed by atoms with E-state index < -0.39 is 0 Å². The van der Waals surface area contributed by atoms with Crippen molar-refractivity contribution < 1.29 is 14.3 Å². The second kappa shape index (κ2) is 7.14. The molecule has 1 fully saturated rings. The predicted octanol–water partition coefficient (Wildman–Crippen LogP) is 2.24. The van der Waals surface area contributed by atoms with Gasteiger partial charge < -0.3 is 14.8 Å². The molecule has 0 aromatic heterocycles. The van der Waals surface area contributed by atoms with Crippen LogP contribution in [0.1, 0.15) is 29.6 Å². The van der Waals surface area contributed by atoms with E-state index in [0.717, 1.165) is 6.54 Å². The molecule has 2 rings (SSSR count). The molecule has 1 aliphatic rings. The average Bonchev–Trinajstić information content (AvgIpc) is 2.37. The van der Waals surface area contributed by atoms with Crippen LogP contribution in [-0.4, -0.2) is 32.8 Å². The van der Waals surface area contributed by atoms with Gasteiger partial charge in [0.15, 0.2) is 0 Å². The number of benzene rings is 1. The van der Waals surface area contributed by atoms with Crippen molar-refractivity contribution in [2.45, 2.75) is 19.3 Å². The van der Waals surface area contributed by atoms with E-state index >= 15 is 0 Å². The lowest BCUT2D eigenvalue weighted by Gasteiger charge is -2.25. The molecule has 0 heterocycles. The van der Waals surface area contributed by atoms with Crippen molar-refractivity contribution in [2.75, 3.05) is 26.9 Å². The Morgan fingerprint density at radius 3 is 2.79 bits per heavy atom. The number of hydrogen-bond acceptors (Lipinski definition) is 3. The van der Waals surface area contributed by atoms with Gasteiger partial charge in [0.2, 0.25) is 0 Å². The summed E-state index contributed by atoms with van der Waals surface area (Å²) in [5.41, 5.74) is 0.595. The first-order valence-corrected chi connectivity index (χ1v) is 6.80. The minimum Gasteiger partial charge on any atom is -0.490 e. The number of rotatable bonds is 7. The summed E-state index contributed by atoms with van der Waals surface area (Å²) in [6.07, 6.45) is 3.75. The molecule has 1 aromatic carbocycles. The summed E-state index contributed by atoms with van der Waals surface area (Å²) in [6, 6.07) is 7.32. The zero-order valence-corrected chi connectivity index (χ0v) is 11.4. The highest BCUT2D eigenvalue weighted by Gasteiger charge is 2.19. The summed E-state index contributed by atoms with van der Waals surface area (Å²) < 4.78 is 10.5. The summed E-state index contributed by atoms with van der Waals surface area (Å²) in [6.45, 7) is 1.73. The Hall–Kier alpha value is -1.55. The maximum atomic E-state index is 12.1. The molecular formula is C15H21NO3. The molecular weight excluding hydrogens is 242 g/mol. The quantitative estimate of drug-likeness (QED) is 0.767. The van der Waals surface area contributed by atoms with Crippen LogP contribution in [0, 0.1) is 5.92 Å². The molecule has 1 N–H and O–H groups in total. The van der Waals surface area contributed by atoms with Crippen molar-refractivity contribution >= 4 is 5.91 Å². The smallest absolute Gasteiger partial charge is 0.255 e. The van der Waals surface area contributed by atoms with Crippen LogP contribution in [0.25, 0.3) is 0 Å². The maximum Gasteiger partial charge on any atom is 0.255 e. The van der Waals surface area contributed by atoms with E-state index in [2.05, 4.69) is 5.32 Å². The molecule has 0 unspecified atom stereocenters. The van der Waals surface area contributed by atoms with Crippen LogP contribution >= 0.6 is 0 Å². The van der Waals surface area contributed by atoms with Gasteiger partial charge in [0.25, 0.3) is 5.91 Å². The second-order valence-electron chi connectivity index (χ2n) is 4.84. The molecule has 0 bridgehead atoms. The van der Waals surface area contributed by atoms with Gasteiger partial charge in [0, 0.05) is 13.7 Å². The first-order valence-electron chi connectivity index (χ1n) is 6.80. The molecule has 0 saturated heterocycles. The summed E-state index contributed by atoms with van der Waals surface area (Å²) in [7, 11) is 1.63. The summed E-state index contributed by atoms with van der Waals surface area (Å²) >= 11 is 0. The minimum absolute atomic E-state index is 0.0556. The van der Waals surface area contributed by atoms with Crippen molar-refractivity contribution in [2.24, 2.45) is 5.92 Å². The van der Waals surface area contributed by atoms with E-state index in [4.69, 9.17) is 9.47 Å². The van der Waals surface area contributed by atoms with Gasteiger partial charge in [-0.3, -0.25) is 4.79 Å². The molecule has 0 spiro atoms. The van der Waals surface area contributed by atoms with Gasteiger partial charge in [-0.1, -0.05) is 18.6 Å². The van der Waals surface area contributed by atoms with Crippen LogP contribution in [0.3, 0.4) is 0 Å². The number of amides is 1. The Morgan fingerprint density at radius 2 is 2.11 bits per heavy atom. The van der Waals surface area contributed by atoms with Crippen LogP contribution in [0.2, 0.25) is 0 Å². The first-order chi connectivity index (χ1) is 9.31. The number of carbonyl (C=O) groups is 1. The predicted molar refractivity (Wildman–Crippen MR) is 73.5 cm³/mol. The van der Waals surface area contributed by atoms with E-state index in [0.29, 0.717) is 30.4 Å². The molecule has 1 aromatic rings. The topological polar surface area (TPSA) is 47.6 Å². The van der Waals surface area contributed by atoms with Crippen LogP contribution in [0.15, 0.2) is 24.3 Å². The largest absolute Gasteiger partial charge is 0.490 e. The van der Waals surface area contributed by atoms with Gasteiger partial charge >= 0.3 is 0 Å². The van der Waals surface area contributed by atoms with Gasteiger partial charge in [-0.05, 0) is 30.9 Å². The Morgan fingerprint density at radius 1 is 1.32 bits per heavy atom. The fraction of sp³-hybridized carbons (Fsp3) is 0.533. The molecule has 1 amide bonds. The van der Waals surface area contributed by atoms with E-state index in [1.54, 1.807) is 13.2 Å². The molecule has 0 aliphatic heterocycles. The highest BCUT2D eigenvalue weighted by molar-refractivity contribution is 5.96. The highest BCUT2D eigenvalue weighted by atomic mass is 16.5. The summed E-state index contributed by atoms with van der Waals surface area (Å²) in [4.78, 5) is 12.1. The highest BCUT2D eigenvalue weighted by Crippen LogP contribution is 2.25. The van der Waals surface area contributed by atoms with Gasteiger partial charge in [0.05, 0.1) is 12.2 Å². The zero-order valence-electron chi connectivity index (χ0n) is 11.4. The molecule has 4 nitrogen and oxygen atoms in total. The van der Waals surface area contributed by atoms with Crippen molar-refractivity contribution in [3.63, 3.8) is 0 Å². The van der Waals surface area contributed by atoms with Crippen molar-refractivity contribution in [1.29, 1.82) is 0 Å². The molecule has 0 radical (unpaired) electrons. The number of hydrogen-bond donors (Lipinski definition) is 1. The molecule has 0 atom stereocenters. The Kier molecular flexibility index (Phi) is 5.21. The maximum absolute atomic E-state index is 12.1. The molecule has 19 heavy (non-hydrogen) atoms. The molecule has 1 saturated carbocycles. The summed E-state index contributed by atoms with van der Waals surface area (Å²) in [5, 5.41) is 2.98. The van der Waals surface area contributed by atoms with Crippen LogP contribution in [-0.2, 0) is 4.74 Å². The van der Waals surface area contributed by atoms with Crippen LogP contribution in [0.5, 0.6) is 5.75 Å². The molecule has 4 heteroatoms. The molecule has 1 aliphatic carbocycles. The zero-order chi connectivity index (χ0) is 13.5. The lowest BCUT2D eigenvalue weighted by atomic mass is 9.85. The third-order valence-corrected chi connectivity index (χ3v) is 3.45. The van der Waals surface area contributed by atoms with Gasteiger partial charge in [-0.15, -0.1) is 0 Å². The Labute approximate surface area is 114 Å². The van der Waals surface area contributed by atoms with Crippen molar-refractivity contribution in [1.82, 2.24) is 5.32 Å². The van der Waals surface area contributed by atoms with Gasteiger partial charge in [-0.2, -0.15) is 0 Å². The lowest BCUT2D eigenvalue weighted by Crippen LogP contribution is -2.32. The lowest BCUT2D eigenvalue weighted by molar-refractivity contribution is 0.0931. The number of para-hydroxylation sites is 1. The third-order valence-electron chi connectivity index (χ3n) is 3.45. The Bertz CT molecular complexity index is 416. The Balaban J connectivity index is 1.90.